The number of carbonyl (C=O) groups is 4. The van der Waals surface area contributed by atoms with E-state index in [2.05, 4.69) is 10.3 Å². The van der Waals surface area contributed by atoms with Crippen LogP contribution in [0.2, 0.25) is 5.02 Å². The molecule has 2 aliphatic rings. The van der Waals surface area contributed by atoms with Gasteiger partial charge >= 0.3 is 0 Å². The zero-order valence-electron chi connectivity index (χ0n) is 23.0. The quantitative estimate of drug-likeness (QED) is 0.383. The Hall–Kier alpha value is -4.31. The number of ketones is 1. The second-order valence-corrected chi connectivity index (χ2v) is 11.0. The van der Waals surface area contributed by atoms with Crippen LogP contribution in [-0.2, 0) is 15.1 Å². The number of nitrogens with zero attached hydrogens (tertiary/aromatic N) is 4. The van der Waals surface area contributed by atoms with Crippen molar-refractivity contribution in [1.82, 2.24) is 14.8 Å². The Morgan fingerprint density at radius 1 is 1.10 bits per heavy atom. The number of fused-ring (bicyclic) bond motifs is 1. The van der Waals surface area contributed by atoms with Gasteiger partial charge in [0.1, 0.15) is 11.4 Å². The fourth-order valence-corrected chi connectivity index (χ4v) is 5.54. The van der Waals surface area contributed by atoms with Crippen LogP contribution in [0.4, 0.5) is 5.82 Å². The standard InChI is InChI=1S/C30H30ClN5O5/c1-35(2)29(40)19-9-11-23-22(13-19)25(26(41-23)28(39)34-24-12-10-20(31)15-32-24)30(14-21(16-33-30)36(3)17-37)27(38)18-7-5-4-6-8-18/h9-18H,4-8H2,1-3H3,(H,32,34,39). The lowest BCUT2D eigenvalue weighted by Gasteiger charge is -2.30. The van der Waals surface area contributed by atoms with Gasteiger partial charge in [0.2, 0.25) is 6.41 Å². The average Bonchev–Trinajstić information content (AvgIpc) is 3.60. The van der Waals surface area contributed by atoms with Gasteiger partial charge in [-0.05, 0) is 49.2 Å². The minimum Gasteiger partial charge on any atom is -0.450 e. The molecule has 3 amide bonds. The molecule has 1 unspecified atom stereocenters. The molecule has 5 rings (SSSR count). The normalized spacial score (nSPS) is 18.7. The highest BCUT2D eigenvalue weighted by atomic mass is 35.5. The molecule has 3 aromatic rings. The van der Waals surface area contributed by atoms with Crippen molar-refractivity contribution < 1.29 is 23.6 Å². The smallest absolute Gasteiger partial charge is 0.292 e. The Labute approximate surface area is 242 Å². The molecule has 1 N–H and O–H groups in total. The summed E-state index contributed by atoms with van der Waals surface area (Å²) in [5.41, 5.74) is -0.369. The van der Waals surface area contributed by atoms with Gasteiger partial charge in [0.25, 0.3) is 11.8 Å². The van der Waals surface area contributed by atoms with E-state index in [0.29, 0.717) is 46.5 Å². The molecular formula is C30H30ClN5O5. The molecule has 41 heavy (non-hydrogen) atoms. The first-order valence-electron chi connectivity index (χ1n) is 13.4. The van der Waals surface area contributed by atoms with Gasteiger partial charge in [-0.25, -0.2) is 4.98 Å². The number of nitrogens with one attached hydrogen (secondary N) is 1. The molecule has 0 bridgehead atoms. The number of rotatable bonds is 8. The molecule has 3 heterocycles. The Kier molecular flexibility index (Phi) is 7.77. The molecule has 11 heteroatoms. The monoisotopic (exact) mass is 575 g/mol. The van der Waals surface area contributed by atoms with Crippen molar-refractivity contribution in [3.8, 4) is 0 Å². The van der Waals surface area contributed by atoms with Crippen LogP contribution in [0, 0.1) is 5.92 Å². The van der Waals surface area contributed by atoms with Gasteiger partial charge in [-0.15, -0.1) is 0 Å². The molecule has 1 aliphatic heterocycles. The second kappa shape index (κ2) is 11.3. The number of pyridine rings is 1. The Morgan fingerprint density at radius 2 is 1.85 bits per heavy atom. The van der Waals surface area contributed by atoms with Crippen molar-refractivity contribution in [2.45, 2.75) is 37.6 Å². The van der Waals surface area contributed by atoms with Crippen LogP contribution in [0.3, 0.4) is 0 Å². The summed E-state index contributed by atoms with van der Waals surface area (Å²) < 4.78 is 6.12. The molecule has 0 spiro atoms. The molecule has 1 aliphatic carbocycles. The molecule has 1 atom stereocenters. The fourth-order valence-electron chi connectivity index (χ4n) is 5.43. The van der Waals surface area contributed by atoms with Crippen molar-refractivity contribution in [3.63, 3.8) is 0 Å². The third-order valence-corrected chi connectivity index (χ3v) is 7.80. The number of Topliss-reactive ketones (excluding diaryl/α,β-unsaturated/α-hetero) is 1. The van der Waals surface area contributed by atoms with Crippen LogP contribution in [0.5, 0.6) is 0 Å². The summed E-state index contributed by atoms with van der Waals surface area (Å²) in [6, 6.07) is 7.96. The predicted octanol–water partition coefficient (Wildman–Crippen LogP) is 4.84. The molecule has 1 aromatic carbocycles. The zero-order chi connectivity index (χ0) is 29.3. The van der Waals surface area contributed by atoms with E-state index >= 15 is 0 Å². The second-order valence-electron chi connectivity index (χ2n) is 10.5. The van der Waals surface area contributed by atoms with E-state index in [1.54, 1.807) is 57.6 Å². The van der Waals surface area contributed by atoms with Crippen LogP contribution in [0.15, 0.2) is 57.7 Å². The lowest BCUT2D eigenvalue weighted by atomic mass is 9.74. The summed E-state index contributed by atoms with van der Waals surface area (Å²) in [6.07, 6.45) is 9.34. The lowest BCUT2D eigenvalue weighted by Crippen LogP contribution is -2.38. The van der Waals surface area contributed by atoms with Gasteiger partial charge in [-0.3, -0.25) is 24.2 Å². The third-order valence-electron chi connectivity index (χ3n) is 7.57. The van der Waals surface area contributed by atoms with Crippen molar-refractivity contribution in [3.05, 3.63) is 70.2 Å². The summed E-state index contributed by atoms with van der Waals surface area (Å²) in [7, 11) is 4.84. The van der Waals surface area contributed by atoms with Crippen LogP contribution >= 0.6 is 11.6 Å². The number of allylic oxidation sites excluding steroid dienone is 1. The number of hydrogen-bond acceptors (Lipinski definition) is 7. The van der Waals surface area contributed by atoms with Crippen LogP contribution in [-0.4, -0.2) is 66.1 Å². The van der Waals surface area contributed by atoms with Gasteiger partial charge in [0.05, 0.1) is 16.3 Å². The third kappa shape index (κ3) is 5.27. The number of benzene rings is 1. The zero-order valence-corrected chi connectivity index (χ0v) is 23.8. The Morgan fingerprint density at radius 3 is 2.51 bits per heavy atom. The average molecular weight is 576 g/mol. The Bertz CT molecular complexity index is 1590. The largest absolute Gasteiger partial charge is 0.450 e. The SMILES string of the molecule is CN(C)C(=O)c1ccc2oc(C(=O)Nc3ccc(Cl)cn3)c(C3(C(=O)C4CCCCC4)C=C(N(C)C=O)C=N3)c2c1. The molecule has 2 aromatic heterocycles. The maximum absolute atomic E-state index is 14.5. The number of aromatic nitrogens is 1. The number of aliphatic imine (C=N–C) groups is 1. The topological polar surface area (TPSA) is 125 Å². The van der Waals surface area contributed by atoms with Crippen LogP contribution in [0.25, 0.3) is 11.0 Å². The van der Waals surface area contributed by atoms with Gasteiger partial charge in [-0.2, -0.15) is 0 Å². The van der Waals surface area contributed by atoms with Crippen molar-refractivity contribution >= 4 is 58.6 Å². The summed E-state index contributed by atoms with van der Waals surface area (Å²) >= 11 is 5.96. The number of carbonyl (C=O) groups excluding carboxylic acids is 4. The summed E-state index contributed by atoms with van der Waals surface area (Å²) in [5, 5.41) is 3.52. The highest BCUT2D eigenvalue weighted by Gasteiger charge is 2.49. The number of halogens is 1. The summed E-state index contributed by atoms with van der Waals surface area (Å²) in [6.45, 7) is 0. The first-order chi connectivity index (χ1) is 19.6. The van der Waals surface area contributed by atoms with E-state index in [0.717, 1.165) is 19.3 Å². The van der Waals surface area contributed by atoms with Gasteiger partial charge in [-0.1, -0.05) is 30.9 Å². The van der Waals surface area contributed by atoms with Crippen LogP contribution in [0.1, 0.15) is 58.6 Å². The summed E-state index contributed by atoms with van der Waals surface area (Å²) in [5.74, 6) is -1.30. The highest BCUT2D eigenvalue weighted by Crippen LogP contribution is 2.45. The van der Waals surface area contributed by atoms with Crippen molar-refractivity contribution in [1.29, 1.82) is 0 Å². The van der Waals surface area contributed by atoms with E-state index in [9.17, 15) is 19.2 Å². The highest BCUT2D eigenvalue weighted by molar-refractivity contribution is 6.30. The van der Waals surface area contributed by atoms with Crippen molar-refractivity contribution in [2.75, 3.05) is 26.5 Å². The molecule has 0 radical (unpaired) electrons. The van der Waals surface area contributed by atoms with E-state index in [4.69, 9.17) is 21.0 Å². The molecule has 1 saturated carbocycles. The number of amides is 3. The molecular weight excluding hydrogens is 546 g/mol. The van der Waals surface area contributed by atoms with E-state index in [-0.39, 0.29) is 34.7 Å². The fraction of sp³-hybridized carbons (Fsp3) is 0.333. The molecule has 10 nitrogen and oxygen atoms in total. The predicted molar refractivity (Wildman–Crippen MR) is 155 cm³/mol. The Balaban J connectivity index is 1.75. The lowest BCUT2D eigenvalue weighted by molar-refractivity contribution is -0.127. The molecule has 212 valence electrons. The van der Waals surface area contributed by atoms with E-state index in [1.807, 2.05) is 0 Å². The van der Waals surface area contributed by atoms with E-state index < -0.39 is 11.4 Å². The number of anilines is 1. The van der Waals surface area contributed by atoms with Gasteiger partial charge in [0, 0.05) is 50.4 Å². The number of furan rings is 1. The number of hydrogen-bond donors (Lipinski definition) is 1. The van der Waals surface area contributed by atoms with Crippen molar-refractivity contribution in [2.24, 2.45) is 10.9 Å². The minimum atomic E-state index is -1.65. The summed E-state index contributed by atoms with van der Waals surface area (Å²) in [4.78, 5) is 64.5. The first-order valence-corrected chi connectivity index (χ1v) is 13.7. The minimum absolute atomic E-state index is 0.140. The maximum Gasteiger partial charge on any atom is 0.292 e. The van der Waals surface area contributed by atoms with Gasteiger partial charge < -0.3 is 19.5 Å². The van der Waals surface area contributed by atoms with Gasteiger partial charge in [0.15, 0.2) is 17.1 Å². The van der Waals surface area contributed by atoms with E-state index in [1.165, 1.54) is 22.2 Å². The van der Waals surface area contributed by atoms with Crippen LogP contribution < -0.4 is 5.32 Å². The maximum atomic E-state index is 14.5. The molecule has 1 fully saturated rings. The molecule has 0 saturated heterocycles. The first kappa shape index (κ1) is 28.2.